The van der Waals surface area contributed by atoms with Gasteiger partial charge in [0.1, 0.15) is 0 Å². The number of unbranched alkanes of at least 4 members (excludes halogenated alkanes) is 18. The van der Waals surface area contributed by atoms with Crippen LogP contribution < -0.4 is 0 Å². The Morgan fingerprint density at radius 2 is 0.562 bits per heavy atom. The first kappa shape index (κ1) is 32.9. The average Bonchev–Trinajstić information content (AvgIpc) is 2.77. The van der Waals surface area contributed by atoms with Crippen molar-refractivity contribution in [1.82, 2.24) is 0 Å². The summed E-state index contributed by atoms with van der Waals surface area (Å²) < 4.78 is 0. The second-order valence-corrected chi connectivity index (χ2v) is 22.5. The Morgan fingerprint density at radius 3 is 0.812 bits per heavy atom. The van der Waals surface area contributed by atoms with Gasteiger partial charge in [0.15, 0.2) is 0 Å². The number of hydrogen-bond donors (Lipinski definition) is 0. The fraction of sp³-hybridized carbons (Fsp3) is 1.00. The molecule has 0 aromatic heterocycles. The average molecular weight is 536 g/mol. The SMILES string of the molecule is CCCCCCCCCCCCP(Br)(CCC)(CCC)CCCCCCCCCCCC. The van der Waals surface area contributed by atoms with E-state index in [1.54, 1.807) is 0 Å². The Balaban J connectivity index is 4.13. The fourth-order valence-electron chi connectivity index (χ4n) is 5.78. The van der Waals surface area contributed by atoms with Crippen molar-refractivity contribution in [2.45, 2.75) is 169 Å². The van der Waals surface area contributed by atoms with E-state index in [0.717, 1.165) is 0 Å². The molecular weight excluding hydrogens is 471 g/mol. The molecular formula is C30H64BrP. The maximum atomic E-state index is 4.58. The second kappa shape index (κ2) is 22.4. The zero-order chi connectivity index (χ0) is 23.8. The molecule has 0 bridgehead atoms. The summed E-state index contributed by atoms with van der Waals surface area (Å²) >= 11 is 4.58. The van der Waals surface area contributed by atoms with Crippen molar-refractivity contribution in [3.63, 3.8) is 0 Å². The predicted octanol–water partition coefficient (Wildman–Crippen LogP) is 12.5. The van der Waals surface area contributed by atoms with Gasteiger partial charge in [0.25, 0.3) is 0 Å². The summed E-state index contributed by atoms with van der Waals surface area (Å²) in [6, 6.07) is 0. The van der Waals surface area contributed by atoms with E-state index >= 15 is 0 Å². The molecule has 0 aromatic rings. The van der Waals surface area contributed by atoms with E-state index in [4.69, 9.17) is 0 Å². The van der Waals surface area contributed by atoms with E-state index in [0.29, 0.717) is 0 Å². The van der Waals surface area contributed by atoms with Gasteiger partial charge in [-0.15, -0.1) is 0 Å². The second-order valence-electron chi connectivity index (χ2n) is 11.1. The van der Waals surface area contributed by atoms with E-state index in [1.807, 2.05) is 0 Å². The Bertz CT molecular complexity index is 347. The van der Waals surface area contributed by atoms with Crippen molar-refractivity contribution in [2.24, 2.45) is 0 Å². The molecule has 0 rings (SSSR count). The Kier molecular flexibility index (Phi) is 23.0. The van der Waals surface area contributed by atoms with Gasteiger partial charge < -0.3 is 0 Å². The zero-order valence-corrected chi connectivity index (χ0v) is 25.7. The van der Waals surface area contributed by atoms with Gasteiger partial charge in [-0.2, -0.15) is 0 Å². The summed E-state index contributed by atoms with van der Waals surface area (Å²) in [5, 5.41) is -1.65. The van der Waals surface area contributed by atoms with Crippen molar-refractivity contribution in [1.29, 1.82) is 0 Å². The van der Waals surface area contributed by atoms with E-state index in [2.05, 4.69) is 43.2 Å². The van der Waals surface area contributed by atoms with E-state index < -0.39 is 5.31 Å². The van der Waals surface area contributed by atoms with Gasteiger partial charge in [0.05, 0.1) is 0 Å². The molecule has 0 spiro atoms. The fourth-order valence-corrected chi connectivity index (χ4v) is 15.0. The molecule has 0 atom stereocenters. The molecule has 0 unspecified atom stereocenters. The molecule has 0 aromatic carbocycles. The summed E-state index contributed by atoms with van der Waals surface area (Å²) in [6.07, 6.45) is 38.0. The summed E-state index contributed by atoms with van der Waals surface area (Å²) in [7, 11) is 0. The molecule has 0 radical (unpaired) electrons. The first-order valence-electron chi connectivity index (χ1n) is 15.3. The predicted molar refractivity (Wildman–Crippen MR) is 160 cm³/mol. The Hall–Kier alpha value is 0.910. The molecule has 2 heteroatoms. The topological polar surface area (TPSA) is 0 Å². The normalized spacial score (nSPS) is 13.3. The number of halogens is 1. The van der Waals surface area contributed by atoms with Crippen molar-refractivity contribution in [3.8, 4) is 0 Å². The van der Waals surface area contributed by atoms with Gasteiger partial charge in [-0.3, -0.25) is 0 Å². The molecule has 0 saturated heterocycles. The van der Waals surface area contributed by atoms with Crippen LogP contribution in [0.25, 0.3) is 0 Å². The summed E-state index contributed by atoms with van der Waals surface area (Å²) in [4.78, 5) is 0. The molecule has 0 nitrogen and oxygen atoms in total. The third kappa shape index (κ3) is 18.3. The number of rotatable bonds is 26. The molecule has 0 fully saturated rings. The molecule has 0 saturated carbocycles. The van der Waals surface area contributed by atoms with Crippen LogP contribution in [0.1, 0.15) is 169 Å². The standard InChI is InChI=1S/C30H64BrP/c1-5-9-11-13-15-17-19-21-23-25-29-32(31,27-7-3,28-8-4)30-26-24-22-20-18-16-14-12-10-6-2/h5-30H2,1-4H3. The molecule has 0 N–H and O–H groups in total. The van der Waals surface area contributed by atoms with Crippen LogP contribution >= 0.6 is 20.8 Å². The third-order valence-electron chi connectivity index (χ3n) is 7.71. The van der Waals surface area contributed by atoms with Crippen molar-refractivity contribution in [3.05, 3.63) is 0 Å². The third-order valence-corrected chi connectivity index (χ3v) is 18.0. The van der Waals surface area contributed by atoms with Crippen molar-refractivity contribution in [2.75, 3.05) is 24.6 Å². The first-order chi connectivity index (χ1) is 15.5. The molecule has 0 heterocycles. The molecule has 32 heavy (non-hydrogen) atoms. The summed E-state index contributed by atoms with van der Waals surface area (Å²) in [6.45, 7) is 9.48. The van der Waals surface area contributed by atoms with Gasteiger partial charge in [0.2, 0.25) is 0 Å². The van der Waals surface area contributed by atoms with Crippen molar-refractivity contribution >= 4 is 20.8 Å². The Labute approximate surface area is 213 Å². The van der Waals surface area contributed by atoms with Crippen LogP contribution in [0.5, 0.6) is 0 Å². The summed E-state index contributed by atoms with van der Waals surface area (Å²) in [5.41, 5.74) is 0. The maximum absolute atomic E-state index is 4.58. The van der Waals surface area contributed by atoms with Crippen LogP contribution in [-0.2, 0) is 0 Å². The van der Waals surface area contributed by atoms with Crippen LogP contribution in [-0.4, -0.2) is 24.6 Å². The zero-order valence-electron chi connectivity index (χ0n) is 23.2. The van der Waals surface area contributed by atoms with Gasteiger partial charge in [0, 0.05) is 0 Å². The molecule has 0 aliphatic rings. The number of hydrogen-bond acceptors (Lipinski definition) is 0. The first-order valence-corrected chi connectivity index (χ1v) is 20.3. The van der Waals surface area contributed by atoms with Crippen molar-refractivity contribution < 1.29 is 0 Å². The van der Waals surface area contributed by atoms with Gasteiger partial charge in [-0.1, -0.05) is 0 Å². The van der Waals surface area contributed by atoms with E-state index in [1.165, 1.54) is 166 Å². The van der Waals surface area contributed by atoms with Gasteiger partial charge >= 0.3 is 214 Å². The Morgan fingerprint density at radius 1 is 0.312 bits per heavy atom. The quantitative estimate of drug-likeness (QED) is 0.0763. The molecule has 0 aliphatic heterocycles. The molecule has 196 valence electrons. The molecule has 0 amide bonds. The van der Waals surface area contributed by atoms with Crippen LogP contribution in [0.3, 0.4) is 0 Å². The molecule has 0 aliphatic carbocycles. The minimum absolute atomic E-state index is 1.37. The van der Waals surface area contributed by atoms with Crippen LogP contribution in [0, 0.1) is 0 Å². The van der Waals surface area contributed by atoms with Crippen LogP contribution in [0.15, 0.2) is 0 Å². The van der Waals surface area contributed by atoms with E-state index in [9.17, 15) is 0 Å². The van der Waals surface area contributed by atoms with Gasteiger partial charge in [-0.25, -0.2) is 0 Å². The van der Waals surface area contributed by atoms with Gasteiger partial charge in [-0.05, 0) is 0 Å². The monoisotopic (exact) mass is 534 g/mol. The van der Waals surface area contributed by atoms with Crippen LogP contribution in [0.2, 0.25) is 0 Å². The minimum atomic E-state index is -1.65. The van der Waals surface area contributed by atoms with Crippen LogP contribution in [0.4, 0.5) is 0 Å². The van der Waals surface area contributed by atoms with E-state index in [-0.39, 0.29) is 0 Å². The summed E-state index contributed by atoms with van der Waals surface area (Å²) in [5.74, 6) is 0.